The summed E-state index contributed by atoms with van der Waals surface area (Å²) < 4.78 is 14.9. The minimum Gasteiger partial charge on any atom is -0.302 e. The summed E-state index contributed by atoms with van der Waals surface area (Å²) in [7, 11) is 0. The number of halogens is 1. The molecule has 3 heterocycles. The van der Waals surface area contributed by atoms with Gasteiger partial charge in [-0.05, 0) is 37.6 Å². The van der Waals surface area contributed by atoms with E-state index < -0.39 is 0 Å². The van der Waals surface area contributed by atoms with E-state index in [4.69, 9.17) is 0 Å². The highest BCUT2D eigenvalue weighted by Crippen LogP contribution is 2.21. The molecule has 0 saturated heterocycles. The second-order valence-electron chi connectivity index (χ2n) is 6.44. The molecule has 0 aliphatic carbocycles. The molecule has 0 unspecified atom stereocenters. The summed E-state index contributed by atoms with van der Waals surface area (Å²) in [4.78, 5) is 26.1. The van der Waals surface area contributed by atoms with Gasteiger partial charge in [-0.15, -0.1) is 16.4 Å². The Labute approximate surface area is 164 Å². The lowest BCUT2D eigenvalue weighted by Gasteiger charge is -1.99. The van der Waals surface area contributed by atoms with E-state index in [2.05, 4.69) is 25.4 Å². The zero-order chi connectivity index (χ0) is 19.7. The predicted molar refractivity (Wildman–Crippen MR) is 104 cm³/mol. The minimum atomic E-state index is -0.268. The van der Waals surface area contributed by atoms with E-state index in [1.54, 1.807) is 16.8 Å². The van der Waals surface area contributed by atoms with Gasteiger partial charge in [0.15, 0.2) is 11.0 Å². The molecule has 0 aliphatic heterocycles. The van der Waals surface area contributed by atoms with Crippen LogP contribution in [0.25, 0.3) is 5.78 Å². The summed E-state index contributed by atoms with van der Waals surface area (Å²) in [6, 6.07) is 8.34. The lowest BCUT2D eigenvalue weighted by atomic mass is 10.1. The number of benzene rings is 1. The molecule has 0 saturated carbocycles. The Hall–Kier alpha value is -3.20. The van der Waals surface area contributed by atoms with Crippen LogP contribution in [0.5, 0.6) is 0 Å². The van der Waals surface area contributed by atoms with Gasteiger partial charge < -0.3 is 5.32 Å². The summed E-state index contributed by atoms with van der Waals surface area (Å²) in [6.07, 6.45) is 2.27. The van der Waals surface area contributed by atoms with Crippen LogP contribution in [-0.4, -0.2) is 30.5 Å². The van der Waals surface area contributed by atoms with Crippen LogP contribution in [0.2, 0.25) is 0 Å². The van der Waals surface area contributed by atoms with Crippen molar-refractivity contribution in [1.29, 1.82) is 0 Å². The number of nitrogens with one attached hydrogen (secondary N) is 1. The number of carbonyl (C=O) groups excluding carboxylic acids is 1. The van der Waals surface area contributed by atoms with Gasteiger partial charge in [0.1, 0.15) is 5.82 Å². The average molecular weight is 396 g/mol. The summed E-state index contributed by atoms with van der Waals surface area (Å²) in [5.41, 5.74) is 2.61. The van der Waals surface area contributed by atoms with Gasteiger partial charge in [0.05, 0.1) is 6.42 Å². The maximum Gasteiger partial charge on any atom is 0.252 e. The maximum absolute atomic E-state index is 13.3. The predicted octanol–water partition coefficient (Wildman–Crippen LogP) is 3.11. The van der Waals surface area contributed by atoms with Crippen molar-refractivity contribution in [2.24, 2.45) is 0 Å². The van der Waals surface area contributed by atoms with Crippen molar-refractivity contribution in [1.82, 2.24) is 24.6 Å². The number of amides is 1. The fourth-order valence-corrected chi connectivity index (χ4v) is 3.75. The molecule has 0 bridgehead atoms. The van der Waals surface area contributed by atoms with E-state index in [1.807, 2.05) is 26.0 Å². The Kier molecular flexibility index (Phi) is 4.82. The van der Waals surface area contributed by atoms with E-state index in [0.29, 0.717) is 23.2 Å². The van der Waals surface area contributed by atoms with E-state index in [0.717, 1.165) is 21.8 Å². The molecule has 4 rings (SSSR count). The Morgan fingerprint density at radius 2 is 2.11 bits per heavy atom. The van der Waals surface area contributed by atoms with Gasteiger partial charge in [-0.2, -0.15) is 4.98 Å². The second-order valence-corrected chi connectivity index (χ2v) is 7.56. The number of aromatic nitrogens is 5. The number of rotatable bonds is 5. The zero-order valence-electron chi connectivity index (χ0n) is 15.3. The largest absolute Gasteiger partial charge is 0.302 e. The summed E-state index contributed by atoms with van der Waals surface area (Å²) in [5.74, 6) is 0.356. The van der Waals surface area contributed by atoms with Crippen LogP contribution in [0.1, 0.15) is 27.7 Å². The van der Waals surface area contributed by atoms with E-state index >= 15 is 0 Å². The smallest absolute Gasteiger partial charge is 0.252 e. The number of nitrogens with zero attached hydrogens (tertiary/aromatic N) is 5. The first-order chi connectivity index (χ1) is 13.5. The van der Waals surface area contributed by atoms with Gasteiger partial charge in [-0.25, -0.2) is 18.9 Å². The fourth-order valence-electron chi connectivity index (χ4n) is 2.88. The highest BCUT2D eigenvalue weighted by molar-refractivity contribution is 7.15. The van der Waals surface area contributed by atoms with Crippen LogP contribution in [0.4, 0.5) is 9.52 Å². The molecule has 9 heteroatoms. The second kappa shape index (κ2) is 7.43. The Morgan fingerprint density at radius 1 is 1.25 bits per heavy atom. The molecule has 28 heavy (non-hydrogen) atoms. The molecular weight excluding hydrogens is 379 g/mol. The van der Waals surface area contributed by atoms with Gasteiger partial charge in [0.2, 0.25) is 5.91 Å². The van der Waals surface area contributed by atoms with Crippen LogP contribution in [0.15, 0.2) is 36.5 Å². The van der Waals surface area contributed by atoms with Crippen LogP contribution < -0.4 is 5.32 Å². The van der Waals surface area contributed by atoms with Crippen LogP contribution >= 0.6 is 11.3 Å². The van der Waals surface area contributed by atoms with Crippen LogP contribution in [0.3, 0.4) is 0 Å². The normalized spacial score (nSPS) is 11.1. The average Bonchev–Trinajstić information content (AvgIpc) is 3.21. The SMILES string of the molecule is Cc1cc(C)n2nc(CC(=O)Nc3ncc(Cc4cccc(F)c4)s3)nc2n1. The molecule has 142 valence electrons. The first-order valence-electron chi connectivity index (χ1n) is 8.65. The quantitative estimate of drug-likeness (QED) is 0.560. The summed E-state index contributed by atoms with van der Waals surface area (Å²) in [6.45, 7) is 3.80. The van der Waals surface area contributed by atoms with E-state index in [1.165, 1.54) is 23.5 Å². The molecule has 1 N–H and O–H groups in total. The zero-order valence-corrected chi connectivity index (χ0v) is 16.1. The Bertz CT molecular complexity index is 1170. The molecule has 0 spiro atoms. The summed E-state index contributed by atoms with van der Waals surface area (Å²) >= 11 is 1.36. The van der Waals surface area contributed by atoms with Crippen molar-refractivity contribution in [2.75, 3.05) is 5.32 Å². The van der Waals surface area contributed by atoms with Gasteiger partial charge in [-0.1, -0.05) is 12.1 Å². The number of anilines is 1. The van der Waals surface area contributed by atoms with E-state index in [9.17, 15) is 9.18 Å². The monoisotopic (exact) mass is 396 g/mol. The van der Waals surface area contributed by atoms with Crippen molar-refractivity contribution in [3.05, 3.63) is 70.0 Å². The van der Waals surface area contributed by atoms with Crippen LogP contribution in [0, 0.1) is 19.7 Å². The molecule has 0 aliphatic rings. The van der Waals surface area contributed by atoms with Gasteiger partial charge in [0, 0.05) is 28.9 Å². The number of fused-ring (bicyclic) bond motifs is 1. The lowest BCUT2D eigenvalue weighted by Crippen LogP contribution is -2.15. The highest BCUT2D eigenvalue weighted by atomic mass is 32.1. The van der Waals surface area contributed by atoms with Crippen molar-refractivity contribution in [3.8, 4) is 0 Å². The van der Waals surface area contributed by atoms with E-state index in [-0.39, 0.29) is 18.1 Å². The molecule has 1 amide bonds. The molecular formula is C19H17FN6OS. The molecule has 7 nitrogen and oxygen atoms in total. The minimum absolute atomic E-state index is 0.0284. The van der Waals surface area contributed by atoms with Gasteiger partial charge >= 0.3 is 0 Å². The van der Waals surface area contributed by atoms with Crippen molar-refractivity contribution < 1.29 is 9.18 Å². The van der Waals surface area contributed by atoms with Crippen LogP contribution in [-0.2, 0) is 17.6 Å². The molecule has 1 aromatic carbocycles. The molecule has 0 radical (unpaired) electrons. The fraction of sp³-hybridized carbons (Fsp3) is 0.211. The lowest BCUT2D eigenvalue weighted by molar-refractivity contribution is -0.115. The standard InChI is InChI=1S/C19H17FN6OS/c1-11-6-12(2)26-18(22-11)23-16(25-26)9-17(27)24-19-21-10-15(28-19)8-13-4-3-5-14(20)7-13/h3-7,10H,8-9H2,1-2H3,(H,21,24,27). The highest BCUT2D eigenvalue weighted by Gasteiger charge is 2.13. The molecule has 4 aromatic rings. The van der Waals surface area contributed by atoms with Gasteiger partial charge in [0.25, 0.3) is 5.78 Å². The molecule has 0 atom stereocenters. The number of hydrogen-bond acceptors (Lipinski definition) is 6. The van der Waals surface area contributed by atoms with Gasteiger partial charge in [-0.3, -0.25) is 4.79 Å². The number of thiazole rings is 1. The number of carbonyl (C=O) groups is 1. The Balaban J connectivity index is 1.41. The third-order valence-electron chi connectivity index (χ3n) is 4.05. The third-order valence-corrected chi connectivity index (χ3v) is 4.96. The molecule has 3 aromatic heterocycles. The number of hydrogen-bond donors (Lipinski definition) is 1. The Morgan fingerprint density at radius 3 is 2.93 bits per heavy atom. The number of aryl methyl sites for hydroxylation is 2. The van der Waals surface area contributed by atoms with Crippen molar-refractivity contribution in [3.63, 3.8) is 0 Å². The first-order valence-corrected chi connectivity index (χ1v) is 9.47. The first kappa shape index (κ1) is 18.2. The van der Waals surface area contributed by atoms with Crippen molar-refractivity contribution >= 4 is 28.2 Å². The topological polar surface area (TPSA) is 85.1 Å². The third kappa shape index (κ3) is 4.04. The summed E-state index contributed by atoms with van der Waals surface area (Å²) in [5, 5.41) is 7.59. The maximum atomic E-state index is 13.3. The van der Waals surface area contributed by atoms with Crippen molar-refractivity contribution in [2.45, 2.75) is 26.7 Å². The molecule has 0 fully saturated rings.